The summed E-state index contributed by atoms with van der Waals surface area (Å²) in [4.78, 5) is 6.72. The Morgan fingerprint density at radius 3 is 2.71 bits per heavy atom. The molecule has 0 spiro atoms. The Labute approximate surface area is 166 Å². The molecule has 1 aromatic carbocycles. The monoisotopic (exact) mass is 379 g/mol. The minimum Gasteiger partial charge on any atom is -0.382 e. The van der Waals surface area contributed by atoms with Gasteiger partial charge in [-0.25, -0.2) is 4.68 Å². The van der Waals surface area contributed by atoms with Crippen LogP contribution in [0.3, 0.4) is 0 Å². The number of nitrogens with zero attached hydrogens (tertiary/aromatic N) is 5. The van der Waals surface area contributed by atoms with Crippen LogP contribution in [0.2, 0.25) is 0 Å². The van der Waals surface area contributed by atoms with Crippen LogP contribution in [-0.4, -0.2) is 47.3 Å². The van der Waals surface area contributed by atoms with E-state index in [2.05, 4.69) is 40.2 Å². The van der Waals surface area contributed by atoms with Crippen LogP contribution in [0.1, 0.15) is 37.9 Å². The molecule has 148 valence electrons. The molecule has 2 aromatic rings. The van der Waals surface area contributed by atoms with Crippen molar-refractivity contribution in [1.29, 1.82) is 5.26 Å². The standard InChI is InChI=1S/C21H29N7/c1-21(2)11-13-27(15-21)20(24-3)25-12-7-10-18-17(14-22)19(23)28(26-18)16-8-5-4-6-9-16/h4-6,8-9H,7,10-13,15,23H2,1-3H3,(H,24,25). The zero-order valence-corrected chi connectivity index (χ0v) is 16.9. The Kier molecular flexibility index (Phi) is 5.88. The highest BCUT2D eigenvalue weighted by molar-refractivity contribution is 5.80. The van der Waals surface area contributed by atoms with Gasteiger partial charge in [-0.2, -0.15) is 10.4 Å². The molecule has 1 aliphatic rings. The van der Waals surface area contributed by atoms with Gasteiger partial charge in [0.25, 0.3) is 0 Å². The fourth-order valence-electron chi connectivity index (χ4n) is 3.62. The number of anilines is 1. The van der Waals surface area contributed by atoms with E-state index in [1.807, 2.05) is 37.4 Å². The van der Waals surface area contributed by atoms with Gasteiger partial charge in [-0.1, -0.05) is 32.0 Å². The number of hydrogen-bond acceptors (Lipinski definition) is 4. The Bertz CT molecular complexity index is 874. The van der Waals surface area contributed by atoms with Crippen molar-refractivity contribution >= 4 is 11.8 Å². The number of nitrogens with two attached hydrogens (primary N) is 1. The van der Waals surface area contributed by atoms with Gasteiger partial charge in [0.1, 0.15) is 17.5 Å². The lowest BCUT2D eigenvalue weighted by atomic mass is 9.93. The van der Waals surface area contributed by atoms with E-state index >= 15 is 0 Å². The number of aromatic nitrogens is 2. The van der Waals surface area contributed by atoms with Crippen molar-refractivity contribution in [3.05, 3.63) is 41.6 Å². The average Bonchev–Trinajstić information content (AvgIpc) is 3.21. The van der Waals surface area contributed by atoms with Crippen LogP contribution in [0.25, 0.3) is 5.69 Å². The molecule has 1 saturated heterocycles. The Hall–Kier alpha value is -3.01. The van der Waals surface area contributed by atoms with Crippen LogP contribution < -0.4 is 11.1 Å². The molecule has 2 heterocycles. The second-order valence-electron chi connectivity index (χ2n) is 7.98. The molecular formula is C21H29N7. The maximum Gasteiger partial charge on any atom is 0.193 e. The quantitative estimate of drug-likeness (QED) is 0.473. The number of hydrogen-bond donors (Lipinski definition) is 2. The van der Waals surface area contributed by atoms with Crippen molar-refractivity contribution in [2.24, 2.45) is 10.4 Å². The van der Waals surface area contributed by atoms with Gasteiger partial charge in [-0.3, -0.25) is 4.99 Å². The maximum absolute atomic E-state index is 9.51. The normalized spacial score (nSPS) is 16.2. The zero-order chi connectivity index (χ0) is 20.1. The van der Waals surface area contributed by atoms with E-state index in [9.17, 15) is 5.26 Å². The fourth-order valence-corrected chi connectivity index (χ4v) is 3.62. The molecule has 0 amide bonds. The second-order valence-corrected chi connectivity index (χ2v) is 7.98. The van der Waals surface area contributed by atoms with E-state index in [1.165, 1.54) is 6.42 Å². The van der Waals surface area contributed by atoms with Crippen molar-refractivity contribution in [2.75, 3.05) is 32.4 Å². The smallest absolute Gasteiger partial charge is 0.193 e. The first-order chi connectivity index (χ1) is 13.4. The van der Waals surface area contributed by atoms with Gasteiger partial charge in [-0.15, -0.1) is 0 Å². The Balaban J connectivity index is 1.60. The minimum atomic E-state index is 0.334. The summed E-state index contributed by atoms with van der Waals surface area (Å²) in [6.07, 6.45) is 2.70. The van der Waals surface area contributed by atoms with Crippen LogP contribution in [0.15, 0.2) is 35.3 Å². The first kappa shape index (κ1) is 19.7. The molecule has 0 saturated carbocycles. The molecule has 1 aliphatic heterocycles. The highest BCUT2D eigenvalue weighted by Crippen LogP contribution is 2.28. The third-order valence-electron chi connectivity index (χ3n) is 5.17. The van der Waals surface area contributed by atoms with Crippen LogP contribution in [0, 0.1) is 16.7 Å². The molecule has 0 bridgehead atoms. The first-order valence-electron chi connectivity index (χ1n) is 9.73. The van der Waals surface area contributed by atoms with Gasteiger partial charge in [-0.05, 0) is 36.8 Å². The molecule has 1 aromatic heterocycles. The molecule has 1 fully saturated rings. The number of guanidine groups is 1. The van der Waals surface area contributed by atoms with E-state index in [4.69, 9.17) is 5.73 Å². The van der Waals surface area contributed by atoms with E-state index < -0.39 is 0 Å². The first-order valence-corrected chi connectivity index (χ1v) is 9.73. The molecule has 3 N–H and O–H groups in total. The summed E-state index contributed by atoms with van der Waals surface area (Å²) in [5.74, 6) is 1.34. The number of aryl methyl sites for hydroxylation is 1. The molecule has 0 unspecified atom stereocenters. The lowest BCUT2D eigenvalue weighted by molar-refractivity contribution is 0.370. The number of nitrogens with one attached hydrogen (secondary N) is 1. The van der Waals surface area contributed by atoms with Crippen molar-refractivity contribution < 1.29 is 0 Å². The molecule has 0 radical (unpaired) electrons. The number of aliphatic imine (C=N–C) groups is 1. The van der Waals surface area contributed by atoms with Crippen molar-refractivity contribution in [3.63, 3.8) is 0 Å². The minimum absolute atomic E-state index is 0.334. The molecule has 7 heteroatoms. The summed E-state index contributed by atoms with van der Waals surface area (Å²) in [6.45, 7) is 7.40. The number of rotatable bonds is 5. The van der Waals surface area contributed by atoms with Crippen molar-refractivity contribution in [1.82, 2.24) is 20.0 Å². The van der Waals surface area contributed by atoms with Crippen LogP contribution in [-0.2, 0) is 6.42 Å². The fraction of sp³-hybridized carbons (Fsp3) is 0.476. The van der Waals surface area contributed by atoms with Crippen LogP contribution >= 0.6 is 0 Å². The topological polar surface area (TPSA) is 95.3 Å². The third-order valence-corrected chi connectivity index (χ3v) is 5.17. The Morgan fingerprint density at radius 2 is 2.11 bits per heavy atom. The predicted molar refractivity (Wildman–Crippen MR) is 112 cm³/mol. The summed E-state index contributed by atoms with van der Waals surface area (Å²) in [5.41, 5.74) is 8.56. The molecule has 0 atom stereocenters. The van der Waals surface area contributed by atoms with E-state index in [0.717, 1.165) is 43.4 Å². The third kappa shape index (κ3) is 4.28. The number of nitrogen functional groups attached to an aromatic ring is 1. The van der Waals surface area contributed by atoms with Crippen LogP contribution in [0.5, 0.6) is 0 Å². The summed E-state index contributed by atoms with van der Waals surface area (Å²) >= 11 is 0. The molecule has 7 nitrogen and oxygen atoms in total. The average molecular weight is 380 g/mol. The summed E-state index contributed by atoms with van der Waals surface area (Å²) < 4.78 is 1.65. The van der Waals surface area contributed by atoms with Gasteiger partial charge >= 0.3 is 0 Å². The largest absolute Gasteiger partial charge is 0.382 e. The SMILES string of the molecule is CN=C(NCCCc1nn(-c2ccccc2)c(N)c1C#N)N1CCC(C)(C)C1. The van der Waals surface area contributed by atoms with Gasteiger partial charge in [0, 0.05) is 26.7 Å². The number of nitriles is 1. The van der Waals surface area contributed by atoms with Gasteiger partial charge in [0.05, 0.1) is 11.4 Å². The number of para-hydroxylation sites is 1. The summed E-state index contributed by atoms with van der Waals surface area (Å²) in [6, 6.07) is 11.9. The molecule has 3 rings (SSSR count). The van der Waals surface area contributed by atoms with Gasteiger partial charge in [0.2, 0.25) is 0 Å². The highest BCUT2D eigenvalue weighted by Gasteiger charge is 2.30. The van der Waals surface area contributed by atoms with Gasteiger partial charge < -0.3 is 16.0 Å². The van der Waals surface area contributed by atoms with E-state index in [0.29, 0.717) is 23.2 Å². The summed E-state index contributed by atoms with van der Waals surface area (Å²) in [7, 11) is 1.82. The lowest BCUT2D eigenvalue weighted by Gasteiger charge is -2.23. The number of benzene rings is 1. The Morgan fingerprint density at radius 1 is 1.36 bits per heavy atom. The zero-order valence-electron chi connectivity index (χ0n) is 16.9. The predicted octanol–water partition coefficient (Wildman–Crippen LogP) is 2.57. The van der Waals surface area contributed by atoms with Crippen molar-refractivity contribution in [3.8, 4) is 11.8 Å². The second kappa shape index (κ2) is 8.34. The van der Waals surface area contributed by atoms with E-state index in [1.54, 1.807) is 4.68 Å². The summed E-state index contributed by atoms with van der Waals surface area (Å²) in [5, 5.41) is 17.5. The van der Waals surface area contributed by atoms with Crippen LogP contribution in [0.4, 0.5) is 5.82 Å². The molecular weight excluding hydrogens is 350 g/mol. The maximum atomic E-state index is 9.51. The number of likely N-dealkylation sites (tertiary alicyclic amines) is 1. The molecule has 0 aliphatic carbocycles. The van der Waals surface area contributed by atoms with E-state index in [-0.39, 0.29) is 0 Å². The lowest BCUT2D eigenvalue weighted by Crippen LogP contribution is -2.41. The molecule has 28 heavy (non-hydrogen) atoms. The van der Waals surface area contributed by atoms with Gasteiger partial charge in [0.15, 0.2) is 5.96 Å². The van der Waals surface area contributed by atoms with Crippen molar-refractivity contribution in [2.45, 2.75) is 33.1 Å². The highest BCUT2D eigenvalue weighted by atomic mass is 15.3.